The van der Waals surface area contributed by atoms with Gasteiger partial charge in [-0.1, -0.05) is 19.3 Å². The molecule has 3 heterocycles. The van der Waals surface area contributed by atoms with E-state index in [1.807, 2.05) is 0 Å². The highest BCUT2D eigenvalue weighted by molar-refractivity contribution is 7.99. The van der Waals surface area contributed by atoms with Crippen molar-refractivity contribution in [1.82, 2.24) is 9.80 Å². The zero-order valence-corrected chi connectivity index (χ0v) is 13.6. The molecule has 3 saturated heterocycles. The molecule has 20 heavy (non-hydrogen) atoms. The predicted molar refractivity (Wildman–Crippen MR) is 87.4 cm³/mol. The summed E-state index contributed by atoms with van der Waals surface area (Å²) in [5.74, 6) is 3.84. The van der Waals surface area contributed by atoms with E-state index in [-0.39, 0.29) is 0 Å². The highest BCUT2D eigenvalue weighted by Crippen LogP contribution is 2.39. The molecule has 0 aromatic rings. The quantitative estimate of drug-likeness (QED) is 0.772. The molecular weight excluding hydrogens is 264 g/mol. The van der Waals surface area contributed by atoms with E-state index >= 15 is 0 Å². The van der Waals surface area contributed by atoms with Crippen LogP contribution in [0.15, 0.2) is 0 Å². The lowest BCUT2D eigenvalue weighted by Crippen LogP contribution is -2.62. The molecule has 0 aromatic carbocycles. The predicted octanol–water partition coefficient (Wildman–Crippen LogP) is 3.22. The minimum absolute atomic E-state index is 0.912. The lowest BCUT2D eigenvalue weighted by atomic mass is 9.78. The van der Waals surface area contributed by atoms with E-state index in [9.17, 15) is 0 Å². The molecule has 3 atom stereocenters. The smallest absolute Gasteiger partial charge is 0.0283 e. The van der Waals surface area contributed by atoms with Gasteiger partial charge in [0.05, 0.1) is 0 Å². The number of hydrogen-bond donors (Lipinski definition) is 0. The van der Waals surface area contributed by atoms with Crippen LogP contribution in [-0.4, -0.2) is 59.1 Å². The van der Waals surface area contributed by atoms with E-state index in [0.29, 0.717) is 0 Å². The van der Waals surface area contributed by atoms with E-state index < -0.39 is 0 Å². The highest BCUT2D eigenvalue weighted by Gasteiger charge is 2.45. The average Bonchev–Trinajstić information content (AvgIpc) is 3.18. The number of fused-ring (bicyclic) bond motifs is 1. The Hall–Kier alpha value is 0.270. The molecule has 0 radical (unpaired) electrons. The summed E-state index contributed by atoms with van der Waals surface area (Å²) in [5, 5.41) is 0. The monoisotopic (exact) mass is 294 g/mol. The van der Waals surface area contributed by atoms with Crippen molar-refractivity contribution < 1.29 is 0 Å². The Morgan fingerprint density at radius 1 is 0.800 bits per heavy atom. The van der Waals surface area contributed by atoms with Crippen molar-refractivity contribution in [1.29, 1.82) is 0 Å². The fraction of sp³-hybridized carbons (Fsp3) is 1.00. The summed E-state index contributed by atoms with van der Waals surface area (Å²) in [7, 11) is 0. The van der Waals surface area contributed by atoms with Gasteiger partial charge in [0.1, 0.15) is 0 Å². The van der Waals surface area contributed by atoms with Crippen LogP contribution in [0.3, 0.4) is 0 Å². The van der Waals surface area contributed by atoms with E-state index in [2.05, 4.69) is 21.6 Å². The van der Waals surface area contributed by atoms with Crippen molar-refractivity contribution in [3.63, 3.8) is 0 Å². The Kier molecular flexibility index (Phi) is 4.29. The number of hydrogen-bond acceptors (Lipinski definition) is 3. The number of nitrogens with zero attached hydrogens (tertiary/aromatic N) is 2. The molecule has 3 unspecified atom stereocenters. The summed E-state index contributed by atoms with van der Waals surface area (Å²) >= 11 is 2.19. The second-order valence-corrected chi connectivity index (χ2v) is 8.54. The molecular formula is C17H30N2S. The first-order valence-corrected chi connectivity index (χ1v) is 10.2. The molecule has 114 valence electrons. The van der Waals surface area contributed by atoms with Crippen LogP contribution in [0.4, 0.5) is 0 Å². The topological polar surface area (TPSA) is 6.48 Å². The van der Waals surface area contributed by atoms with Gasteiger partial charge in [-0.25, -0.2) is 0 Å². The van der Waals surface area contributed by atoms with E-state index in [1.54, 1.807) is 0 Å². The highest BCUT2D eigenvalue weighted by atomic mass is 32.2. The molecule has 3 heteroatoms. The van der Waals surface area contributed by atoms with Gasteiger partial charge in [-0.2, -0.15) is 11.8 Å². The van der Waals surface area contributed by atoms with Gasteiger partial charge in [0.15, 0.2) is 0 Å². The van der Waals surface area contributed by atoms with Crippen LogP contribution in [0.25, 0.3) is 0 Å². The molecule has 0 bridgehead atoms. The van der Waals surface area contributed by atoms with Crippen molar-refractivity contribution in [2.45, 2.75) is 69.5 Å². The summed E-state index contributed by atoms with van der Waals surface area (Å²) in [5.41, 5.74) is 0. The maximum Gasteiger partial charge on any atom is 0.0283 e. The molecule has 3 aliphatic heterocycles. The Bertz CT molecular complexity index is 323. The van der Waals surface area contributed by atoms with Crippen LogP contribution >= 0.6 is 11.8 Å². The van der Waals surface area contributed by atoms with Crippen molar-refractivity contribution in [3.05, 3.63) is 0 Å². The molecule has 4 fully saturated rings. The number of thioether (sulfide) groups is 1. The molecule has 0 spiro atoms. The van der Waals surface area contributed by atoms with Gasteiger partial charge in [-0.3, -0.25) is 9.80 Å². The second kappa shape index (κ2) is 6.18. The van der Waals surface area contributed by atoms with E-state index in [1.165, 1.54) is 82.5 Å². The van der Waals surface area contributed by atoms with Crippen LogP contribution in [0, 0.1) is 5.92 Å². The maximum atomic E-state index is 3.00. The fourth-order valence-electron chi connectivity index (χ4n) is 5.40. The molecule has 0 amide bonds. The van der Waals surface area contributed by atoms with Crippen LogP contribution in [-0.2, 0) is 0 Å². The van der Waals surface area contributed by atoms with Gasteiger partial charge in [0.25, 0.3) is 0 Å². The lowest BCUT2D eigenvalue weighted by molar-refractivity contribution is -0.0185. The third-order valence-corrected chi connectivity index (χ3v) is 7.49. The molecule has 2 nitrogen and oxygen atoms in total. The number of piperazine rings is 1. The molecule has 0 N–H and O–H groups in total. The van der Waals surface area contributed by atoms with E-state index in [0.717, 1.165) is 24.0 Å². The van der Waals surface area contributed by atoms with Gasteiger partial charge in [0.2, 0.25) is 0 Å². The molecule has 1 aliphatic carbocycles. The Morgan fingerprint density at radius 3 is 2.50 bits per heavy atom. The van der Waals surface area contributed by atoms with Crippen molar-refractivity contribution in [3.8, 4) is 0 Å². The van der Waals surface area contributed by atoms with Crippen LogP contribution in [0.2, 0.25) is 0 Å². The lowest BCUT2D eigenvalue weighted by Gasteiger charge is -2.51. The first kappa shape index (κ1) is 13.9. The van der Waals surface area contributed by atoms with Crippen LogP contribution in [0.5, 0.6) is 0 Å². The first-order valence-electron chi connectivity index (χ1n) is 9.01. The Labute approximate surface area is 128 Å². The Morgan fingerprint density at radius 2 is 1.70 bits per heavy atom. The third-order valence-electron chi connectivity index (χ3n) is 6.34. The van der Waals surface area contributed by atoms with Gasteiger partial charge < -0.3 is 0 Å². The summed E-state index contributed by atoms with van der Waals surface area (Å²) in [6, 6.07) is 2.74. The second-order valence-electron chi connectivity index (χ2n) is 7.39. The SMILES string of the molecule is C1CCC(C2C3CCCN3CCN2C2CCSC2)CC1. The maximum absolute atomic E-state index is 3.00. The normalized spacial score (nSPS) is 41.1. The fourth-order valence-corrected chi connectivity index (χ4v) is 6.64. The van der Waals surface area contributed by atoms with Crippen molar-refractivity contribution >= 4 is 11.8 Å². The molecule has 4 aliphatic rings. The summed E-state index contributed by atoms with van der Waals surface area (Å²) in [4.78, 5) is 5.85. The molecule has 1 saturated carbocycles. The van der Waals surface area contributed by atoms with Crippen molar-refractivity contribution in [2.75, 3.05) is 31.1 Å². The first-order chi connectivity index (χ1) is 9.93. The standard InChI is InChI=1S/C17H30N2S/c1-2-5-14(6-3-1)17-16-7-4-9-18(16)10-11-19(17)15-8-12-20-13-15/h14-17H,1-13H2. The summed E-state index contributed by atoms with van der Waals surface area (Å²) < 4.78 is 0. The van der Waals surface area contributed by atoms with E-state index in [4.69, 9.17) is 0 Å². The minimum atomic E-state index is 0.912. The number of rotatable bonds is 2. The van der Waals surface area contributed by atoms with Gasteiger partial charge in [-0.05, 0) is 50.3 Å². The summed E-state index contributed by atoms with van der Waals surface area (Å²) in [6.45, 7) is 4.11. The van der Waals surface area contributed by atoms with Gasteiger partial charge in [0, 0.05) is 37.0 Å². The van der Waals surface area contributed by atoms with Gasteiger partial charge in [-0.15, -0.1) is 0 Å². The zero-order chi connectivity index (χ0) is 13.4. The van der Waals surface area contributed by atoms with Crippen molar-refractivity contribution in [2.24, 2.45) is 5.92 Å². The van der Waals surface area contributed by atoms with Crippen LogP contribution in [0.1, 0.15) is 51.4 Å². The van der Waals surface area contributed by atoms with Gasteiger partial charge >= 0.3 is 0 Å². The summed E-state index contributed by atoms with van der Waals surface area (Å²) in [6.07, 6.45) is 11.9. The Balaban J connectivity index is 1.55. The minimum Gasteiger partial charge on any atom is -0.298 e. The average molecular weight is 295 g/mol. The zero-order valence-electron chi connectivity index (χ0n) is 12.8. The molecule has 4 rings (SSSR count). The van der Waals surface area contributed by atoms with Crippen LogP contribution < -0.4 is 0 Å². The largest absolute Gasteiger partial charge is 0.298 e. The third kappa shape index (κ3) is 2.55. The molecule has 0 aromatic heterocycles.